The maximum Gasteiger partial charge on any atom is 0.358 e. The van der Waals surface area contributed by atoms with Crippen molar-refractivity contribution in [2.45, 2.75) is 6.92 Å². The largest absolute Gasteiger partial charge is 0.464 e. The van der Waals surface area contributed by atoms with Crippen LogP contribution in [0.15, 0.2) is 34.9 Å². The number of hydrogen-bond donors (Lipinski definition) is 1. The van der Waals surface area contributed by atoms with E-state index in [0.29, 0.717) is 16.5 Å². The molecular formula is C17H15ClN4O4. The minimum atomic E-state index is -0.606. The molecule has 9 heteroatoms. The third-order valence-electron chi connectivity index (χ3n) is 3.71. The Morgan fingerprint density at radius 3 is 2.62 bits per heavy atom. The number of rotatable bonds is 4. The van der Waals surface area contributed by atoms with Crippen molar-refractivity contribution in [3.63, 3.8) is 0 Å². The van der Waals surface area contributed by atoms with Crippen LogP contribution in [0, 0.1) is 6.92 Å². The smallest absolute Gasteiger partial charge is 0.358 e. The van der Waals surface area contributed by atoms with Gasteiger partial charge >= 0.3 is 5.97 Å². The lowest BCUT2D eigenvalue weighted by Gasteiger charge is -2.05. The fraction of sp³-hybridized carbons (Fsp3) is 0.176. The van der Waals surface area contributed by atoms with Gasteiger partial charge < -0.3 is 14.6 Å². The molecule has 1 amide bonds. The van der Waals surface area contributed by atoms with Gasteiger partial charge in [-0.3, -0.25) is 9.48 Å². The van der Waals surface area contributed by atoms with Crippen LogP contribution in [-0.4, -0.2) is 33.9 Å². The highest BCUT2D eigenvalue weighted by atomic mass is 35.5. The van der Waals surface area contributed by atoms with Crippen LogP contribution in [0.4, 0.5) is 5.69 Å². The molecule has 0 fully saturated rings. The molecule has 0 bridgehead atoms. The zero-order chi connectivity index (χ0) is 18.8. The molecule has 0 aliphatic heterocycles. The summed E-state index contributed by atoms with van der Waals surface area (Å²) in [7, 11) is 2.84. The molecule has 8 nitrogen and oxygen atoms in total. The molecule has 3 aromatic rings. The van der Waals surface area contributed by atoms with Crippen LogP contribution in [-0.2, 0) is 11.8 Å². The van der Waals surface area contributed by atoms with Crippen molar-refractivity contribution >= 4 is 29.2 Å². The molecule has 0 saturated carbocycles. The average Bonchev–Trinajstić information content (AvgIpc) is 3.20. The van der Waals surface area contributed by atoms with Gasteiger partial charge in [0.1, 0.15) is 0 Å². The molecule has 0 aliphatic carbocycles. The highest BCUT2D eigenvalue weighted by molar-refractivity contribution is 6.30. The fourth-order valence-corrected chi connectivity index (χ4v) is 2.57. The molecule has 0 atom stereocenters. The summed E-state index contributed by atoms with van der Waals surface area (Å²) in [6.45, 7) is 1.67. The van der Waals surface area contributed by atoms with Crippen molar-refractivity contribution in [1.29, 1.82) is 0 Å². The van der Waals surface area contributed by atoms with E-state index in [1.165, 1.54) is 17.9 Å². The van der Waals surface area contributed by atoms with Crippen LogP contribution in [0.5, 0.6) is 0 Å². The molecule has 26 heavy (non-hydrogen) atoms. The van der Waals surface area contributed by atoms with Crippen molar-refractivity contribution in [3.8, 4) is 11.3 Å². The summed E-state index contributed by atoms with van der Waals surface area (Å²) >= 11 is 5.86. The number of nitrogens with zero attached hydrogens (tertiary/aromatic N) is 3. The fourth-order valence-electron chi connectivity index (χ4n) is 2.45. The van der Waals surface area contributed by atoms with Crippen LogP contribution in [0.3, 0.4) is 0 Å². The monoisotopic (exact) mass is 374 g/mol. The van der Waals surface area contributed by atoms with Crippen LogP contribution in [0.1, 0.15) is 26.7 Å². The first-order valence-electron chi connectivity index (χ1n) is 7.56. The summed E-state index contributed by atoms with van der Waals surface area (Å²) in [6.07, 6.45) is 0. The van der Waals surface area contributed by atoms with E-state index < -0.39 is 11.9 Å². The van der Waals surface area contributed by atoms with Gasteiger partial charge in [-0.15, -0.1) is 0 Å². The van der Waals surface area contributed by atoms with Crippen LogP contribution >= 0.6 is 11.6 Å². The van der Waals surface area contributed by atoms with Gasteiger partial charge in [0.05, 0.1) is 18.5 Å². The van der Waals surface area contributed by atoms with Crippen LogP contribution < -0.4 is 5.32 Å². The topological polar surface area (TPSA) is 99.2 Å². The van der Waals surface area contributed by atoms with Gasteiger partial charge in [0.15, 0.2) is 17.1 Å². The summed E-state index contributed by atoms with van der Waals surface area (Å²) in [5.74, 6) is -0.719. The van der Waals surface area contributed by atoms with Crippen molar-refractivity contribution in [1.82, 2.24) is 14.9 Å². The summed E-state index contributed by atoms with van der Waals surface area (Å²) in [4.78, 5) is 24.4. The van der Waals surface area contributed by atoms with Gasteiger partial charge in [0.25, 0.3) is 5.91 Å². The average molecular weight is 375 g/mol. The number of aromatic nitrogens is 3. The molecule has 2 heterocycles. The van der Waals surface area contributed by atoms with Crippen molar-refractivity contribution < 1.29 is 18.8 Å². The molecule has 1 aromatic carbocycles. The molecule has 0 saturated heterocycles. The summed E-state index contributed by atoms with van der Waals surface area (Å²) < 4.78 is 11.3. The minimum absolute atomic E-state index is 0.0639. The zero-order valence-electron chi connectivity index (χ0n) is 14.2. The molecular weight excluding hydrogens is 360 g/mol. The quantitative estimate of drug-likeness (QED) is 0.704. The molecule has 0 radical (unpaired) electrons. The van der Waals surface area contributed by atoms with E-state index in [2.05, 4.69) is 15.6 Å². The van der Waals surface area contributed by atoms with Gasteiger partial charge in [0.2, 0.25) is 0 Å². The van der Waals surface area contributed by atoms with E-state index in [9.17, 15) is 9.59 Å². The Balaban J connectivity index is 1.86. The number of amides is 1. The van der Waals surface area contributed by atoms with E-state index in [1.807, 2.05) is 0 Å². The normalized spacial score (nSPS) is 10.6. The number of benzene rings is 1. The number of hydrogen-bond acceptors (Lipinski definition) is 6. The van der Waals surface area contributed by atoms with Gasteiger partial charge in [-0.25, -0.2) is 4.79 Å². The Kier molecular flexibility index (Phi) is 4.77. The lowest BCUT2D eigenvalue weighted by atomic mass is 10.1. The van der Waals surface area contributed by atoms with Gasteiger partial charge in [-0.05, 0) is 31.2 Å². The standard InChI is InChI=1S/C17H15ClN4O4/c1-9-14(15(17(24)25-3)22(2)20-9)19-16(23)12-8-13(26-21-12)10-4-6-11(18)7-5-10/h4-8H,1-3H3,(H,19,23). The highest BCUT2D eigenvalue weighted by Gasteiger charge is 2.24. The summed E-state index contributed by atoms with van der Waals surface area (Å²) in [5, 5.41) is 11.1. The van der Waals surface area contributed by atoms with Crippen LogP contribution in [0.2, 0.25) is 5.02 Å². The zero-order valence-corrected chi connectivity index (χ0v) is 15.0. The number of ether oxygens (including phenoxy) is 1. The lowest BCUT2D eigenvalue weighted by Crippen LogP contribution is -2.17. The highest BCUT2D eigenvalue weighted by Crippen LogP contribution is 2.24. The lowest BCUT2D eigenvalue weighted by molar-refractivity contribution is 0.0589. The molecule has 1 N–H and O–H groups in total. The van der Waals surface area contributed by atoms with E-state index in [-0.39, 0.29) is 17.1 Å². The van der Waals surface area contributed by atoms with E-state index >= 15 is 0 Å². The minimum Gasteiger partial charge on any atom is -0.464 e. The Bertz CT molecular complexity index is 975. The SMILES string of the molecule is COC(=O)c1c(NC(=O)c2cc(-c3ccc(Cl)cc3)on2)c(C)nn1C. The third-order valence-corrected chi connectivity index (χ3v) is 3.96. The second-order valence-electron chi connectivity index (χ2n) is 5.46. The Labute approximate surface area is 153 Å². The number of carbonyl (C=O) groups excluding carboxylic acids is 2. The molecule has 3 rings (SSSR count). The molecule has 0 aliphatic rings. The van der Waals surface area contributed by atoms with Crippen molar-refractivity contribution in [3.05, 3.63) is 52.4 Å². The van der Waals surface area contributed by atoms with E-state index in [4.69, 9.17) is 20.9 Å². The van der Waals surface area contributed by atoms with Crippen LogP contribution in [0.25, 0.3) is 11.3 Å². The van der Waals surface area contributed by atoms with E-state index in [1.54, 1.807) is 38.2 Å². The van der Waals surface area contributed by atoms with Gasteiger partial charge in [0, 0.05) is 23.7 Å². The maximum absolute atomic E-state index is 12.5. The van der Waals surface area contributed by atoms with Crippen molar-refractivity contribution in [2.75, 3.05) is 12.4 Å². The predicted octanol–water partition coefficient (Wildman–Crippen LogP) is 3.08. The van der Waals surface area contributed by atoms with Crippen molar-refractivity contribution in [2.24, 2.45) is 7.05 Å². The van der Waals surface area contributed by atoms with E-state index in [0.717, 1.165) is 5.56 Å². The number of methoxy groups -OCH3 is 1. The maximum atomic E-state index is 12.5. The second-order valence-corrected chi connectivity index (χ2v) is 5.90. The summed E-state index contributed by atoms with van der Waals surface area (Å²) in [5.41, 5.74) is 1.67. The molecule has 134 valence electrons. The Morgan fingerprint density at radius 1 is 1.27 bits per heavy atom. The Morgan fingerprint density at radius 2 is 1.96 bits per heavy atom. The number of aryl methyl sites for hydroxylation is 2. The molecule has 0 spiro atoms. The number of nitrogens with one attached hydrogen (secondary N) is 1. The number of halogens is 1. The number of carbonyl (C=O) groups is 2. The Hall–Kier alpha value is -3.13. The molecule has 2 aromatic heterocycles. The predicted molar refractivity (Wildman–Crippen MR) is 94.2 cm³/mol. The first-order chi connectivity index (χ1) is 12.4. The summed E-state index contributed by atoms with van der Waals surface area (Å²) in [6, 6.07) is 8.43. The third kappa shape index (κ3) is 3.31. The van der Waals surface area contributed by atoms with Gasteiger partial charge in [-0.2, -0.15) is 5.10 Å². The first-order valence-corrected chi connectivity index (χ1v) is 7.94. The number of anilines is 1. The number of esters is 1. The first kappa shape index (κ1) is 17.7. The second kappa shape index (κ2) is 7.01. The molecule has 0 unspecified atom stereocenters. The van der Waals surface area contributed by atoms with Gasteiger partial charge in [-0.1, -0.05) is 16.8 Å².